The van der Waals surface area contributed by atoms with Crippen LogP contribution in [0.25, 0.3) is 11.0 Å². The van der Waals surface area contributed by atoms with Crippen molar-refractivity contribution in [3.63, 3.8) is 0 Å². The van der Waals surface area contributed by atoms with Crippen molar-refractivity contribution in [3.8, 4) is 0 Å². The van der Waals surface area contributed by atoms with Crippen LogP contribution in [0.15, 0.2) is 17.3 Å². The number of carbonyl (C=O) groups is 2. The number of carbonyl (C=O) groups excluding carboxylic acids is 2. The minimum Gasteiger partial charge on any atom is -0.369 e. The van der Waals surface area contributed by atoms with Crippen molar-refractivity contribution in [2.45, 2.75) is 25.5 Å². The van der Waals surface area contributed by atoms with E-state index in [0.717, 1.165) is 22.2 Å². The molecule has 0 saturated heterocycles. The number of imidazole rings is 1. The molecule has 1 heterocycles. The molecule has 0 aliphatic heterocycles. The molecule has 20 heavy (non-hydrogen) atoms. The summed E-state index contributed by atoms with van der Waals surface area (Å²) in [6, 6.07) is 3.92. The third kappa shape index (κ3) is 2.93. The van der Waals surface area contributed by atoms with Gasteiger partial charge < -0.3 is 16.0 Å². The Kier molecular flexibility index (Phi) is 3.99. The largest absolute Gasteiger partial charge is 0.369 e. The second-order valence-corrected chi connectivity index (χ2v) is 5.57. The topological polar surface area (TPSA) is 104 Å². The minimum atomic E-state index is -0.455. The van der Waals surface area contributed by atoms with Crippen LogP contribution in [0, 0.1) is 13.8 Å². The second kappa shape index (κ2) is 5.54. The average molecular weight is 292 g/mol. The number of fused-ring (bicyclic) bond motifs is 1. The molecule has 0 fully saturated rings. The lowest BCUT2D eigenvalue weighted by atomic mass is 10.1. The molecule has 0 unspecified atom stereocenters. The average Bonchev–Trinajstić information content (AvgIpc) is 2.65. The van der Waals surface area contributed by atoms with E-state index >= 15 is 0 Å². The van der Waals surface area contributed by atoms with Gasteiger partial charge >= 0.3 is 0 Å². The molecule has 1 aromatic heterocycles. The fourth-order valence-electron chi connectivity index (χ4n) is 1.91. The molecule has 4 N–H and O–H groups in total. The molecule has 2 amide bonds. The van der Waals surface area contributed by atoms with Gasteiger partial charge in [-0.2, -0.15) is 0 Å². The molecule has 2 aromatic rings. The van der Waals surface area contributed by atoms with Crippen LogP contribution in [0.5, 0.6) is 0 Å². The van der Waals surface area contributed by atoms with Gasteiger partial charge in [-0.1, -0.05) is 11.8 Å². The van der Waals surface area contributed by atoms with Gasteiger partial charge in [-0.15, -0.1) is 0 Å². The number of aromatic nitrogens is 2. The van der Waals surface area contributed by atoms with E-state index in [0.29, 0.717) is 5.16 Å². The lowest BCUT2D eigenvalue weighted by Crippen LogP contribution is -2.20. The van der Waals surface area contributed by atoms with Crippen molar-refractivity contribution in [2.75, 3.05) is 5.75 Å². The van der Waals surface area contributed by atoms with Gasteiger partial charge in [0.1, 0.15) is 6.54 Å². The van der Waals surface area contributed by atoms with E-state index in [-0.39, 0.29) is 12.3 Å². The fraction of sp³-hybridized carbons (Fsp3) is 0.308. The van der Waals surface area contributed by atoms with Crippen LogP contribution < -0.4 is 11.5 Å². The minimum absolute atomic E-state index is 0.0279. The van der Waals surface area contributed by atoms with Gasteiger partial charge in [-0.05, 0) is 37.1 Å². The Hall–Kier alpha value is -2.02. The van der Waals surface area contributed by atoms with Crippen LogP contribution in [-0.4, -0.2) is 27.1 Å². The Morgan fingerprint density at radius 2 is 1.85 bits per heavy atom. The fourth-order valence-corrected chi connectivity index (χ4v) is 2.67. The number of nitrogens with two attached hydrogens (primary N) is 2. The molecular weight excluding hydrogens is 276 g/mol. The molecule has 0 saturated carbocycles. The Labute approximate surface area is 120 Å². The van der Waals surface area contributed by atoms with E-state index in [1.165, 1.54) is 11.8 Å². The predicted octanol–water partition coefficient (Wildman–Crippen LogP) is 0.716. The number of aryl methyl sites for hydroxylation is 2. The number of thioether (sulfide) groups is 1. The predicted molar refractivity (Wildman–Crippen MR) is 78.3 cm³/mol. The standard InChI is InChI=1S/C13H16N4O2S/c1-7-3-9-10(4-8(7)2)17(5-11(14)18)13(16-9)20-6-12(15)19/h3-4H,5-6H2,1-2H3,(H2,14,18)(H2,15,19). The summed E-state index contributed by atoms with van der Waals surface area (Å²) in [5, 5.41) is 0.572. The first kappa shape index (κ1) is 14.4. The van der Waals surface area contributed by atoms with Crippen molar-refractivity contribution in [1.82, 2.24) is 9.55 Å². The van der Waals surface area contributed by atoms with Gasteiger partial charge in [0.25, 0.3) is 0 Å². The molecule has 0 spiro atoms. The first-order valence-electron chi connectivity index (χ1n) is 6.05. The summed E-state index contributed by atoms with van der Waals surface area (Å²) < 4.78 is 1.72. The van der Waals surface area contributed by atoms with Crippen molar-refractivity contribution in [1.29, 1.82) is 0 Å². The highest BCUT2D eigenvalue weighted by Crippen LogP contribution is 2.26. The van der Waals surface area contributed by atoms with Crippen molar-refractivity contribution < 1.29 is 9.59 Å². The highest BCUT2D eigenvalue weighted by atomic mass is 32.2. The normalized spacial score (nSPS) is 10.9. The van der Waals surface area contributed by atoms with Crippen LogP contribution >= 0.6 is 11.8 Å². The summed E-state index contributed by atoms with van der Waals surface area (Å²) in [5.74, 6) is -0.774. The maximum absolute atomic E-state index is 11.2. The molecule has 6 nitrogen and oxygen atoms in total. The zero-order valence-electron chi connectivity index (χ0n) is 11.3. The Balaban J connectivity index is 2.54. The maximum Gasteiger partial charge on any atom is 0.237 e. The van der Waals surface area contributed by atoms with E-state index in [9.17, 15) is 9.59 Å². The third-order valence-electron chi connectivity index (χ3n) is 2.99. The van der Waals surface area contributed by atoms with Gasteiger partial charge in [0, 0.05) is 0 Å². The molecule has 0 bridgehead atoms. The molecule has 2 rings (SSSR count). The molecule has 0 aliphatic carbocycles. The smallest absolute Gasteiger partial charge is 0.237 e. The van der Waals surface area contributed by atoms with Gasteiger partial charge in [-0.3, -0.25) is 9.59 Å². The summed E-state index contributed by atoms with van der Waals surface area (Å²) >= 11 is 1.20. The van der Waals surface area contributed by atoms with E-state index in [1.807, 2.05) is 26.0 Å². The second-order valence-electron chi connectivity index (χ2n) is 4.63. The zero-order chi connectivity index (χ0) is 14.9. The molecule has 7 heteroatoms. The number of rotatable bonds is 5. The molecule has 106 valence electrons. The quantitative estimate of drug-likeness (QED) is 0.792. The molecule has 0 radical (unpaired) electrons. The number of primary amides is 2. The van der Waals surface area contributed by atoms with E-state index in [2.05, 4.69) is 4.98 Å². The first-order chi connectivity index (χ1) is 9.38. The number of hydrogen-bond acceptors (Lipinski definition) is 4. The lowest BCUT2D eigenvalue weighted by Gasteiger charge is -2.06. The third-order valence-corrected chi connectivity index (χ3v) is 3.98. The molecular formula is C13H16N4O2S. The van der Waals surface area contributed by atoms with Crippen molar-refractivity contribution in [2.24, 2.45) is 11.5 Å². The van der Waals surface area contributed by atoms with E-state index in [4.69, 9.17) is 11.5 Å². The molecule has 0 aliphatic rings. The number of benzene rings is 1. The van der Waals surface area contributed by atoms with E-state index < -0.39 is 11.8 Å². The zero-order valence-corrected chi connectivity index (χ0v) is 12.2. The maximum atomic E-state index is 11.2. The van der Waals surface area contributed by atoms with Crippen LogP contribution in [0.2, 0.25) is 0 Å². The van der Waals surface area contributed by atoms with Gasteiger partial charge in [0.15, 0.2) is 5.16 Å². The monoisotopic (exact) mass is 292 g/mol. The summed E-state index contributed by atoms with van der Waals surface area (Å²) in [7, 11) is 0. The Morgan fingerprint density at radius 3 is 2.45 bits per heavy atom. The molecule has 1 aromatic carbocycles. The van der Waals surface area contributed by atoms with Gasteiger partial charge in [-0.25, -0.2) is 4.98 Å². The first-order valence-corrected chi connectivity index (χ1v) is 7.04. The summed E-state index contributed by atoms with van der Waals surface area (Å²) in [6.45, 7) is 4.02. The van der Waals surface area contributed by atoms with Crippen LogP contribution in [-0.2, 0) is 16.1 Å². The summed E-state index contributed by atoms with van der Waals surface area (Å²) in [5.41, 5.74) is 14.3. The highest BCUT2D eigenvalue weighted by molar-refractivity contribution is 7.99. The number of hydrogen-bond donors (Lipinski definition) is 2. The number of amides is 2. The SMILES string of the molecule is Cc1cc2nc(SCC(N)=O)n(CC(N)=O)c2cc1C. The molecule has 0 atom stereocenters. The van der Waals surface area contributed by atoms with Gasteiger partial charge in [0.05, 0.1) is 16.8 Å². The lowest BCUT2D eigenvalue weighted by molar-refractivity contribution is -0.118. The summed E-state index contributed by atoms with van der Waals surface area (Å²) in [4.78, 5) is 26.6. The summed E-state index contributed by atoms with van der Waals surface area (Å²) in [6.07, 6.45) is 0. The van der Waals surface area contributed by atoms with Crippen LogP contribution in [0.4, 0.5) is 0 Å². The van der Waals surface area contributed by atoms with Crippen molar-refractivity contribution >= 4 is 34.6 Å². The Bertz CT molecular complexity index is 693. The Morgan fingerprint density at radius 1 is 1.20 bits per heavy atom. The number of nitrogens with zero attached hydrogens (tertiary/aromatic N) is 2. The van der Waals surface area contributed by atoms with E-state index in [1.54, 1.807) is 4.57 Å². The van der Waals surface area contributed by atoms with Crippen LogP contribution in [0.3, 0.4) is 0 Å². The van der Waals surface area contributed by atoms with Crippen molar-refractivity contribution in [3.05, 3.63) is 23.3 Å². The highest BCUT2D eigenvalue weighted by Gasteiger charge is 2.14. The van der Waals surface area contributed by atoms with Crippen LogP contribution in [0.1, 0.15) is 11.1 Å². The van der Waals surface area contributed by atoms with Gasteiger partial charge in [0.2, 0.25) is 11.8 Å².